The number of carbonyl (C=O) groups is 2. The topological polar surface area (TPSA) is 49.4 Å². The molecule has 0 saturated carbocycles. The SMILES string of the molecule is CC[C@H](C(=O)N[C@@H](C)CC)N(Cc1ccc(Cl)c(Cl)c1)C(=O)CSCc1cccc(Cl)c1. The molecule has 2 aromatic carbocycles. The zero-order chi connectivity index (χ0) is 23.7. The smallest absolute Gasteiger partial charge is 0.243 e. The number of thioether (sulfide) groups is 1. The summed E-state index contributed by atoms with van der Waals surface area (Å²) < 4.78 is 0. The first-order chi connectivity index (χ1) is 15.2. The average Bonchev–Trinajstić information content (AvgIpc) is 2.75. The normalized spacial score (nSPS) is 12.8. The molecule has 0 heterocycles. The maximum absolute atomic E-state index is 13.3. The van der Waals surface area contributed by atoms with Crippen LogP contribution in [-0.2, 0) is 21.9 Å². The maximum atomic E-state index is 13.3. The molecule has 174 valence electrons. The van der Waals surface area contributed by atoms with Gasteiger partial charge in [0.25, 0.3) is 0 Å². The van der Waals surface area contributed by atoms with Gasteiger partial charge in [0.1, 0.15) is 6.04 Å². The first-order valence-corrected chi connectivity index (χ1v) is 12.9. The third kappa shape index (κ3) is 8.18. The Hall–Kier alpha value is -1.40. The molecule has 0 spiro atoms. The van der Waals surface area contributed by atoms with Crippen molar-refractivity contribution < 1.29 is 9.59 Å². The summed E-state index contributed by atoms with van der Waals surface area (Å²) in [6, 6.07) is 12.3. The minimum atomic E-state index is -0.572. The van der Waals surface area contributed by atoms with E-state index in [1.54, 1.807) is 17.0 Å². The number of hydrogen-bond acceptors (Lipinski definition) is 3. The first-order valence-electron chi connectivity index (χ1n) is 10.6. The van der Waals surface area contributed by atoms with Crippen molar-refractivity contribution in [2.75, 3.05) is 5.75 Å². The Labute approximate surface area is 210 Å². The van der Waals surface area contributed by atoms with Crippen LogP contribution in [-0.4, -0.2) is 34.6 Å². The Morgan fingerprint density at radius 1 is 1.00 bits per heavy atom. The van der Waals surface area contributed by atoms with E-state index in [-0.39, 0.29) is 30.2 Å². The van der Waals surface area contributed by atoms with Gasteiger partial charge in [-0.3, -0.25) is 9.59 Å². The van der Waals surface area contributed by atoms with E-state index >= 15 is 0 Å². The number of carbonyl (C=O) groups excluding carboxylic acids is 2. The van der Waals surface area contributed by atoms with Crippen molar-refractivity contribution in [1.29, 1.82) is 0 Å². The van der Waals surface area contributed by atoms with Gasteiger partial charge in [0.05, 0.1) is 15.8 Å². The van der Waals surface area contributed by atoms with Crippen LogP contribution in [0.2, 0.25) is 15.1 Å². The van der Waals surface area contributed by atoms with Crippen LogP contribution in [0.25, 0.3) is 0 Å². The molecule has 0 aliphatic rings. The summed E-state index contributed by atoms with van der Waals surface area (Å²) in [5, 5.41) is 4.55. The van der Waals surface area contributed by atoms with Crippen molar-refractivity contribution in [2.45, 2.75) is 58.0 Å². The molecule has 0 aliphatic heterocycles. The minimum absolute atomic E-state index is 0.0377. The van der Waals surface area contributed by atoms with E-state index < -0.39 is 6.04 Å². The predicted molar refractivity (Wildman–Crippen MR) is 137 cm³/mol. The first kappa shape index (κ1) is 26.8. The predicted octanol–water partition coefficient (Wildman–Crippen LogP) is 6.60. The molecule has 2 atom stereocenters. The van der Waals surface area contributed by atoms with Crippen molar-refractivity contribution in [3.8, 4) is 0 Å². The van der Waals surface area contributed by atoms with Crippen LogP contribution in [0, 0.1) is 0 Å². The number of benzene rings is 2. The quantitative estimate of drug-likeness (QED) is 0.367. The third-order valence-electron chi connectivity index (χ3n) is 5.11. The van der Waals surface area contributed by atoms with Gasteiger partial charge >= 0.3 is 0 Å². The molecule has 1 N–H and O–H groups in total. The Morgan fingerprint density at radius 2 is 1.75 bits per heavy atom. The van der Waals surface area contributed by atoms with E-state index in [0.717, 1.165) is 17.5 Å². The fourth-order valence-electron chi connectivity index (χ4n) is 3.16. The van der Waals surface area contributed by atoms with Crippen LogP contribution in [0.3, 0.4) is 0 Å². The molecule has 0 bridgehead atoms. The van der Waals surface area contributed by atoms with Crippen molar-refractivity contribution in [2.24, 2.45) is 0 Å². The van der Waals surface area contributed by atoms with Crippen LogP contribution in [0.4, 0.5) is 0 Å². The summed E-state index contributed by atoms with van der Waals surface area (Å²) in [4.78, 5) is 27.9. The van der Waals surface area contributed by atoms with Gasteiger partial charge in [0.15, 0.2) is 0 Å². The van der Waals surface area contributed by atoms with Gasteiger partial charge in [-0.25, -0.2) is 0 Å². The number of nitrogens with zero attached hydrogens (tertiary/aromatic N) is 1. The molecule has 0 aliphatic carbocycles. The fraction of sp³-hybridized carbons (Fsp3) is 0.417. The molecular weight excluding hydrogens is 487 g/mol. The van der Waals surface area contributed by atoms with Crippen molar-refractivity contribution in [1.82, 2.24) is 10.2 Å². The maximum Gasteiger partial charge on any atom is 0.243 e. The highest BCUT2D eigenvalue weighted by Gasteiger charge is 2.29. The van der Waals surface area contributed by atoms with E-state index in [1.807, 2.05) is 51.1 Å². The van der Waals surface area contributed by atoms with Gasteiger partial charge in [0.2, 0.25) is 11.8 Å². The zero-order valence-corrected chi connectivity index (χ0v) is 21.6. The molecule has 2 amide bonds. The van der Waals surface area contributed by atoms with Crippen molar-refractivity contribution in [3.63, 3.8) is 0 Å². The van der Waals surface area contributed by atoms with Gasteiger partial charge in [-0.15, -0.1) is 11.8 Å². The Morgan fingerprint density at radius 3 is 2.38 bits per heavy atom. The van der Waals surface area contributed by atoms with Gasteiger partial charge in [0, 0.05) is 23.4 Å². The van der Waals surface area contributed by atoms with Crippen molar-refractivity contribution >= 4 is 58.4 Å². The van der Waals surface area contributed by atoms with E-state index in [4.69, 9.17) is 34.8 Å². The van der Waals surface area contributed by atoms with Crippen LogP contribution in [0.5, 0.6) is 0 Å². The van der Waals surface area contributed by atoms with Crippen LogP contribution >= 0.6 is 46.6 Å². The highest BCUT2D eigenvalue weighted by atomic mass is 35.5. The molecule has 2 rings (SSSR count). The molecule has 0 aromatic heterocycles. The van der Waals surface area contributed by atoms with E-state index in [9.17, 15) is 9.59 Å². The summed E-state index contributed by atoms with van der Waals surface area (Å²) >= 11 is 19.8. The molecule has 0 unspecified atom stereocenters. The number of nitrogens with one attached hydrogen (secondary N) is 1. The van der Waals surface area contributed by atoms with E-state index in [1.165, 1.54) is 11.8 Å². The lowest BCUT2D eigenvalue weighted by atomic mass is 10.1. The van der Waals surface area contributed by atoms with Gasteiger partial charge in [-0.05, 0) is 55.2 Å². The minimum Gasteiger partial charge on any atom is -0.352 e. The molecule has 32 heavy (non-hydrogen) atoms. The van der Waals surface area contributed by atoms with Crippen LogP contribution in [0.1, 0.15) is 44.7 Å². The molecular formula is C24H29Cl3N2O2S. The van der Waals surface area contributed by atoms with Gasteiger partial charge < -0.3 is 10.2 Å². The lowest BCUT2D eigenvalue weighted by Gasteiger charge is -2.31. The Kier molecular flexibility index (Phi) is 11.2. The monoisotopic (exact) mass is 514 g/mol. The molecule has 0 fully saturated rings. The molecule has 0 saturated heterocycles. The number of rotatable bonds is 11. The number of hydrogen-bond donors (Lipinski definition) is 1. The molecule has 4 nitrogen and oxygen atoms in total. The van der Waals surface area contributed by atoms with Gasteiger partial charge in [-0.1, -0.05) is 66.8 Å². The standard InChI is InChI=1S/C24H29Cl3N2O2S/c1-4-16(3)28-24(31)22(5-2)29(13-17-9-10-20(26)21(27)12-17)23(30)15-32-14-18-7-6-8-19(25)11-18/h6-12,16,22H,4-5,13-15H2,1-3H3,(H,28,31)/t16-,22+/m0/s1. The van der Waals surface area contributed by atoms with E-state index in [0.29, 0.717) is 27.2 Å². The summed E-state index contributed by atoms with van der Waals surface area (Å²) in [7, 11) is 0. The summed E-state index contributed by atoms with van der Waals surface area (Å²) in [5.41, 5.74) is 1.87. The highest BCUT2D eigenvalue weighted by molar-refractivity contribution is 7.99. The van der Waals surface area contributed by atoms with E-state index in [2.05, 4.69) is 5.32 Å². The zero-order valence-electron chi connectivity index (χ0n) is 18.5. The molecule has 2 aromatic rings. The van der Waals surface area contributed by atoms with Crippen LogP contribution in [0.15, 0.2) is 42.5 Å². The number of amides is 2. The Balaban J connectivity index is 2.17. The number of halogens is 3. The average molecular weight is 516 g/mol. The van der Waals surface area contributed by atoms with Crippen LogP contribution < -0.4 is 5.32 Å². The highest BCUT2D eigenvalue weighted by Crippen LogP contribution is 2.25. The second kappa shape index (κ2) is 13.3. The second-order valence-corrected chi connectivity index (χ2v) is 9.87. The summed E-state index contributed by atoms with van der Waals surface area (Å²) in [6.45, 7) is 6.16. The lowest BCUT2D eigenvalue weighted by molar-refractivity contribution is -0.139. The van der Waals surface area contributed by atoms with Crippen molar-refractivity contribution in [3.05, 3.63) is 68.7 Å². The summed E-state index contributed by atoms with van der Waals surface area (Å²) in [5.74, 6) is 0.660. The second-order valence-electron chi connectivity index (χ2n) is 7.63. The largest absolute Gasteiger partial charge is 0.352 e. The Bertz CT molecular complexity index is 926. The molecule has 8 heteroatoms. The molecule has 0 radical (unpaired) electrons. The summed E-state index contributed by atoms with van der Waals surface area (Å²) in [6.07, 6.45) is 1.33. The fourth-order valence-corrected chi connectivity index (χ4v) is 4.55. The third-order valence-corrected chi connectivity index (χ3v) is 7.07. The lowest BCUT2D eigenvalue weighted by Crippen LogP contribution is -2.51. The van der Waals surface area contributed by atoms with Gasteiger partial charge in [-0.2, -0.15) is 0 Å².